The van der Waals surface area contributed by atoms with Crippen LogP contribution in [0.1, 0.15) is 37.6 Å². The number of nitrogens with zero attached hydrogens (tertiary/aromatic N) is 1. The zero-order valence-corrected chi connectivity index (χ0v) is 22.5. The molecular formula is C30H28F3N2O3S-. The number of benzene rings is 3. The Morgan fingerprint density at radius 2 is 1.49 bits per heavy atom. The molecule has 2 N–H and O–H groups in total. The van der Waals surface area contributed by atoms with Crippen molar-refractivity contribution in [2.45, 2.75) is 44.8 Å². The van der Waals surface area contributed by atoms with E-state index in [0.717, 1.165) is 33.9 Å². The number of aromatic hydroxyl groups is 1. The minimum atomic E-state index is -4.56. The molecule has 1 atom stereocenters. The second-order valence-electron chi connectivity index (χ2n) is 10.3. The maximum absolute atomic E-state index is 13.2. The Labute approximate surface area is 228 Å². The lowest BCUT2D eigenvalue weighted by Gasteiger charge is -2.24. The number of alkyl halides is 3. The number of pyridine rings is 1. The lowest BCUT2D eigenvalue weighted by Crippen LogP contribution is -2.35. The number of phenols is 1. The Morgan fingerprint density at radius 1 is 0.872 bits per heavy atom. The van der Waals surface area contributed by atoms with Crippen molar-refractivity contribution < 1.29 is 27.0 Å². The maximum Gasteiger partial charge on any atom is 0.433 e. The zero-order valence-electron chi connectivity index (χ0n) is 21.7. The van der Waals surface area contributed by atoms with Crippen molar-refractivity contribution in [1.29, 1.82) is 0 Å². The fourth-order valence-corrected chi connectivity index (χ4v) is 4.68. The van der Waals surface area contributed by atoms with E-state index in [1.807, 2.05) is 45.0 Å². The first-order valence-electron chi connectivity index (χ1n) is 12.2. The number of halogens is 3. The smallest absolute Gasteiger partial charge is 0.433 e. The molecule has 0 aliphatic carbocycles. The summed E-state index contributed by atoms with van der Waals surface area (Å²) in [5.74, 6) is 0.00474. The Bertz CT molecular complexity index is 1460. The summed E-state index contributed by atoms with van der Waals surface area (Å²) in [6, 6.07) is 20.1. The minimum Gasteiger partial charge on any atom is -0.772 e. The van der Waals surface area contributed by atoms with Crippen LogP contribution < -0.4 is 5.32 Å². The Hall–Kier alpha value is -3.53. The molecule has 39 heavy (non-hydrogen) atoms. The van der Waals surface area contributed by atoms with Crippen molar-refractivity contribution in [3.8, 4) is 39.1 Å². The van der Waals surface area contributed by atoms with Crippen molar-refractivity contribution in [1.82, 2.24) is 10.3 Å². The number of rotatable bonds is 7. The van der Waals surface area contributed by atoms with E-state index in [2.05, 4.69) is 10.3 Å². The molecule has 1 unspecified atom stereocenters. The molecule has 9 heteroatoms. The molecule has 0 fully saturated rings. The highest BCUT2D eigenvalue weighted by Gasteiger charge is 2.32. The van der Waals surface area contributed by atoms with Crippen LogP contribution in [0.2, 0.25) is 0 Å². The van der Waals surface area contributed by atoms with E-state index in [1.54, 1.807) is 36.4 Å². The largest absolute Gasteiger partial charge is 0.772 e. The summed E-state index contributed by atoms with van der Waals surface area (Å²) < 4.78 is 61.9. The number of phenolic OH excluding ortho intramolecular Hbond substituents is 1. The second-order valence-corrected chi connectivity index (χ2v) is 11.2. The van der Waals surface area contributed by atoms with E-state index in [9.17, 15) is 27.0 Å². The van der Waals surface area contributed by atoms with Gasteiger partial charge in [0.2, 0.25) is 0 Å². The summed E-state index contributed by atoms with van der Waals surface area (Å²) in [4.78, 5) is 3.69. The predicted octanol–water partition coefficient (Wildman–Crippen LogP) is 7.07. The van der Waals surface area contributed by atoms with Gasteiger partial charge in [-0.25, -0.2) is 0 Å². The van der Waals surface area contributed by atoms with Gasteiger partial charge in [0.1, 0.15) is 11.4 Å². The molecular weight excluding hydrogens is 525 g/mol. The highest BCUT2D eigenvalue weighted by molar-refractivity contribution is 7.78. The van der Waals surface area contributed by atoms with Crippen LogP contribution >= 0.6 is 0 Å². The van der Waals surface area contributed by atoms with Crippen LogP contribution in [0.3, 0.4) is 0 Å². The zero-order chi connectivity index (χ0) is 28.4. The fraction of sp³-hybridized carbons (Fsp3) is 0.233. The lowest BCUT2D eigenvalue weighted by molar-refractivity contribution is -0.141. The molecule has 0 bridgehead atoms. The molecule has 1 heterocycles. The third kappa shape index (κ3) is 7.32. The van der Waals surface area contributed by atoms with Gasteiger partial charge < -0.3 is 15.0 Å². The molecule has 0 amide bonds. The van der Waals surface area contributed by atoms with Gasteiger partial charge in [-0.15, -0.1) is 0 Å². The number of hydrogen-bond acceptors (Lipinski definition) is 5. The third-order valence-corrected chi connectivity index (χ3v) is 6.69. The number of nitrogens with one attached hydrogen (secondary N) is 1. The molecule has 0 aliphatic heterocycles. The van der Waals surface area contributed by atoms with Crippen LogP contribution in [-0.2, 0) is 29.6 Å². The van der Waals surface area contributed by atoms with Crippen molar-refractivity contribution in [3.05, 3.63) is 95.8 Å². The quantitative estimate of drug-likeness (QED) is 0.239. The van der Waals surface area contributed by atoms with Crippen molar-refractivity contribution >= 4 is 11.1 Å². The summed E-state index contributed by atoms with van der Waals surface area (Å²) in [5.41, 5.74) is 4.76. The molecule has 4 rings (SSSR count). The molecule has 0 saturated carbocycles. The van der Waals surface area contributed by atoms with E-state index in [0.29, 0.717) is 23.2 Å². The highest BCUT2D eigenvalue weighted by Crippen LogP contribution is 2.40. The van der Waals surface area contributed by atoms with E-state index in [1.165, 1.54) is 12.3 Å². The number of hydrogen-bond donors (Lipinski definition) is 2. The van der Waals surface area contributed by atoms with Gasteiger partial charge in [0.05, 0.1) is 0 Å². The van der Waals surface area contributed by atoms with Gasteiger partial charge in [-0.3, -0.25) is 9.19 Å². The van der Waals surface area contributed by atoms with Crippen LogP contribution in [0.5, 0.6) is 5.75 Å². The highest BCUT2D eigenvalue weighted by atomic mass is 32.2. The monoisotopic (exact) mass is 553 g/mol. The van der Waals surface area contributed by atoms with Gasteiger partial charge in [-0.1, -0.05) is 53.5 Å². The van der Waals surface area contributed by atoms with Crippen LogP contribution in [0.25, 0.3) is 33.4 Å². The van der Waals surface area contributed by atoms with Crippen molar-refractivity contribution in [3.63, 3.8) is 0 Å². The van der Waals surface area contributed by atoms with Crippen LogP contribution in [0, 0.1) is 0 Å². The molecule has 4 aromatic rings. The average Bonchev–Trinajstić information content (AvgIpc) is 2.87. The fourth-order valence-electron chi connectivity index (χ4n) is 4.22. The summed E-state index contributed by atoms with van der Waals surface area (Å²) in [6.07, 6.45) is -3.34. The molecule has 204 valence electrons. The van der Waals surface area contributed by atoms with Gasteiger partial charge >= 0.3 is 6.18 Å². The molecule has 1 aromatic heterocycles. The number of aromatic nitrogens is 1. The summed E-state index contributed by atoms with van der Waals surface area (Å²) in [5, 5.41) is 13.4. The lowest BCUT2D eigenvalue weighted by atomic mass is 9.87. The van der Waals surface area contributed by atoms with Gasteiger partial charge in [-0.05, 0) is 90.0 Å². The van der Waals surface area contributed by atoms with Crippen LogP contribution in [0.4, 0.5) is 13.2 Å². The Balaban J connectivity index is 1.94. The summed E-state index contributed by atoms with van der Waals surface area (Å²) >= 11 is -2.21. The summed E-state index contributed by atoms with van der Waals surface area (Å²) in [7, 11) is 0. The van der Waals surface area contributed by atoms with Crippen LogP contribution in [0.15, 0.2) is 79.0 Å². The van der Waals surface area contributed by atoms with Gasteiger partial charge in [-0.2, -0.15) is 13.2 Å². The van der Waals surface area contributed by atoms with Gasteiger partial charge in [0, 0.05) is 29.6 Å². The van der Waals surface area contributed by atoms with E-state index in [-0.39, 0.29) is 17.0 Å². The van der Waals surface area contributed by atoms with Crippen LogP contribution in [-0.4, -0.2) is 24.4 Å². The van der Waals surface area contributed by atoms with E-state index < -0.39 is 23.0 Å². The minimum absolute atomic E-state index is 0.0940. The Morgan fingerprint density at radius 3 is 2.03 bits per heavy atom. The van der Waals surface area contributed by atoms with Gasteiger partial charge in [0.15, 0.2) is 0 Å². The first kappa shape index (κ1) is 28.5. The SMILES string of the molecule is CC(C)(C)NCc1cc(-c2ccc(CS(=O)[O-])cc2)cc(-c2ccc(C(F)(F)F)nc2)c1-c1ccc(O)cc1. The predicted molar refractivity (Wildman–Crippen MR) is 146 cm³/mol. The van der Waals surface area contributed by atoms with Gasteiger partial charge in [0.25, 0.3) is 0 Å². The molecule has 0 aliphatic rings. The van der Waals surface area contributed by atoms with Crippen molar-refractivity contribution in [2.24, 2.45) is 0 Å². The Kier molecular flexibility index (Phi) is 8.25. The second kappa shape index (κ2) is 11.3. The third-order valence-electron chi connectivity index (χ3n) is 6.12. The van der Waals surface area contributed by atoms with E-state index >= 15 is 0 Å². The first-order valence-corrected chi connectivity index (χ1v) is 13.4. The van der Waals surface area contributed by atoms with E-state index in [4.69, 9.17) is 0 Å². The maximum atomic E-state index is 13.2. The molecule has 5 nitrogen and oxygen atoms in total. The molecule has 3 aromatic carbocycles. The standard InChI is InChI=1S/C30H29F3N2O3S/c1-29(2,3)35-17-24-14-23(20-6-4-19(5-7-20)18-39(37)38)15-26(28(24)21-8-11-25(36)12-9-21)22-10-13-27(34-16-22)30(31,32)33/h4-16,35-36H,17-18H2,1-3H3,(H,37,38)/p-1. The molecule has 0 radical (unpaired) electrons. The average molecular weight is 554 g/mol. The summed E-state index contributed by atoms with van der Waals surface area (Å²) in [6.45, 7) is 6.57. The van der Waals surface area contributed by atoms with Crippen molar-refractivity contribution in [2.75, 3.05) is 0 Å². The first-order chi connectivity index (χ1) is 18.3. The normalized spacial score (nSPS) is 12.9. The molecule has 0 spiro atoms. The molecule has 0 saturated heterocycles. The topological polar surface area (TPSA) is 85.3 Å².